The lowest BCUT2D eigenvalue weighted by Crippen LogP contribution is -2.30. The van der Waals surface area contributed by atoms with Gasteiger partial charge in [-0.1, -0.05) is 19.0 Å². The molecule has 7 heteroatoms. The number of aromatic amines is 1. The van der Waals surface area contributed by atoms with Crippen molar-refractivity contribution in [3.05, 3.63) is 57.5 Å². The van der Waals surface area contributed by atoms with Crippen LogP contribution in [0.3, 0.4) is 0 Å². The number of rotatable bonds is 4. The average Bonchev–Trinajstić information content (AvgIpc) is 3.34. The molecule has 0 spiro atoms. The third kappa shape index (κ3) is 3.03. The maximum atomic E-state index is 13.1. The molecule has 0 unspecified atom stereocenters. The first kappa shape index (κ1) is 17.5. The maximum Gasteiger partial charge on any atom is 0.259 e. The van der Waals surface area contributed by atoms with E-state index in [1.54, 1.807) is 18.3 Å². The summed E-state index contributed by atoms with van der Waals surface area (Å²) in [5.74, 6) is 0.695. The summed E-state index contributed by atoms with van der Waals surface area (Å²) in [6.07, 6.45) is 3.77. The zero-order valence-corrected chi connectivity index (χ0v) is 15.5. The van der Waals surface area contributed by atoms with Gasteiger partial charge in [-0.15, -0.1) is 0 Å². The summed E-state index contributed by atoms with van der Waals surface area (Å²) in [6, 6.07) is 5.44. The van der Waals surface area contributed by atoms with Crippen LogP contribution >= 0.6 is 0 Å². The van der Waals surface area contributed by atoms with Crippen LogP contribution in [0.2, 0.25) is 0 Å². The molecular weight excluding hydrogens is 344 g/mol. The van der Waals surface area contributed by atoms with Crippen molar-refractivity contribution in [2.75, 3.05) is 13.1 Å². The molecule has 0 radical (unpaired) electrons. The van der Waals surface area contributed by atoms with Crippen molar-refractivity contribution in [1.82, 2.24) is 20.0 Å². The molecule has 140 valence electrons. The topological polar surface area (TPSA) is 92.1 Å². The second-order valence-electron chi connectivity index (χ2n) is 6.86. The minimum absolute atomic E-state index is 0.0336. The quantitative estimate of drug-likeness (QED) is 0.766. The fraction of sp³-hybridized carbons (Fsp3) is 0.400. The zero-order chi connectivity index (χ0) is 19.0. The summed E-state index contributed by atoms with van der Waals surface area (Å²) in [4.78, 5) is 34.5. The van der Waals surface area contributed by atoms with Gasteiger partial charge in [-0.2, -0.15) is 0 Å². The molecule has 1 amide bonds. The lowest BCUT2D eigenvalue weighted by atomic mass is 10.0. The molecule has 1 aliphatic heterocycles. The molecule has 1 saturated heterocycles. The normalized spacial score (nSPS) is 17.0. The van der Waals surface area contributed by atoms with Gasteiger partial charge in [0.15, 0.2) is 0 Å². The van der Waals surface area contributed by atoms with E-state index >= 15 is 0 Å². The Bertz CT molecular complexity index is 1030. The summed E-state index contributed by atoms with van der Waals surface area (Å²) in [6.45, 7) is 5.12. The van der Waals surface area contributed by atoms with Gasteiger partial charge in [0.1, 0.15) is 11.3 Å². The lowest BCUT2D eigenvalue weighted by Gasteiger charge is -2.17. The van der Waals surface area contributed by atoms with Crippen LogP contribution in [0.1, 0.15) is 53.7 Å². The van der Waals surface area contributed by atoms with Crippen LogP contribution in [0.4, 0.5) is 0 Å². The third-order valence-electron chi connectivity index (χ3n) is 5.25. The van der Waals surface area contributed by atoms with Crippen molar-refractivity contribution >= 4 is 16.8 Å². The van der Waals surface area contributed by atoms with Gasteiger partial charge in [0.2, 0.25) is 0 Å². The van der Waals surface area contributed by atoms with Crippen LogP contribution in [0.5, 0.6) is 0 Å². The van der Waals surface area contributed by atoms with E-state index in [-0.39, 0.29) is 17.4 Å². The number of H-pyrrole nitrogens is 1. The van der Waals surface area contributed by atoms with Gasteiger partial charge >= 0.3 is 0 Å². The molecular formula is C20H22N4O3. The van der Waals surface area contributed by atoms with Crippen LogP contribution in [-0.2, 0) is 12.8 Å². The van der Waals surface area contributed by atoms with Crippen molar-refractivity contribution in [2.24, 2.45) is 0 Å². The molecule has 3 aromatic heterocycles. The zero-order valence-electron chi connectivity index (χ0n) is 15.5. The summed E-state index contributed by atoms with van der Waals surface area (Å²) >= 11 is 0. The number of nitrogens with one attached hydrogen (secondary N) is 1. The molecule has 1 N–H and O–H groups in total. The molecule has 1 atom stereocenters. The Morgan fingerprint density at radius 3 is 3.00 bits per heavy atom. The standard InChI is InChI=1S/C20H22N4O3/c1-3-14-18(17(4-2)27-23-14)20(26)24-9-7-12(11-24)15-10-16-13(19(25)22-15)6-5-8-21-16/h5-6,8,10,12H,3-4,7,9,11H2,1-2H3,(H,22,25)/t12-/m0/s1. The van der Waals surface area contributed by atoms with Gasteiger partial charge in [0, 0.05) is 37.3 Å². The van der Waals surface area contributed by atoms with Gasteiger partial charge in [0.25, 0.3) is 11.5 Å². The second-order valence-corrected chi connectivity index (χ2v) is 6.86. The molecule has 4 rings (SSSR count). The summed E-state index contributed by atoms with van der Waals surface area (Å²) < 4.78 is 5.34. The number of amides is 1. The third-order valence-corrected chi connectivity index (χ3v) is 5.25. The predicted molar refractivity (Wildman–Crippen MR) is 101 cm³/mol. The number of nitrogens with zero attached hydrogens (tertiary/aromatic N) is 3. The molecule has 0 aliphatic carbocycles. The predicted octanol–water partition coefficient (Wildman–Crippen LogP) is 2.67. The molecule has 0 bridgehead atoms. The molecule has 0 aromatic carbocycles. The minimum atomic E-state index is -0.138. The van der Waals surface area contributed by atoms with E-state index in [2.05, 4.69) is 15.1 Å². The van der Waals surface area contributed by atoms with Gasteiger partial charge in [-0.25, -0.2) is 0 Å². The van der Waals surface area contributed by atoms with E-state index in [1.165, 1.54) is 0 Å². The van der Waals surface area contributed by atoms with Crippen molar-refractivity contribution < 1.29 is 9.32 Å². The number of aryl methyl sites for hydroxylation is 2. The Balaban J connectivity index is 1.60. The van der Waals surface area contributed by atoms with Gasteiger partial charge < -0.3 is 14.4 Å². The van der Waals surface area contributed by atoms with E-state index in [1.807, 2.05) is 24.8 Å². The average molecular weight is 366 g/mol. The monoisotopic (exact) mass is 366 g/mol. The van der Waals surface area contributed by atoms with Crippen molar-refractivity contribution in [3.8, 4) is 0 Å². The van der Waals surface area contributed by atoms with E-state index in [0.717, 1.165) is 12.1 Å². The molecule has 1 aliphatic rings. The summed E-state index contributed by atoms with van der Waals surface area (Å²) in [5.41, 5.74) is 2.69. The number of pyridine rings is 2. The molecule has 3 aromatic rings. The molecule has 7 nitrogen and oxygen atoms in total. The highest BCUT2D eigenvalue weighted by atomic mass is 16.5. The Kier molecular flexibility index (Phi) is 4.51. The number of likely N-dealkylation sites (tertiary alicyclic amines) is 1. The SMILES string of the molecule is CCc1noc(CC)c1C(=O)N1CC[C@H](c2cc3ncccc3c(=O)[nH]2)C1. The first-order chi connectivity index (χ1) is 13.1. The highest BCUT2D eigenvalue weighted by molar-refractivity contribution is 5.96. The van der Waals surface area contributed by atoms with Gasteiger partial charge in [-0.05, 0) is 31.0 Å². The Labute approximate surface area is 156 Å². The molecule has 27 heavy (non-hydrogen) atoms. The van der Waals surface area contributed by atoms with E-state index < -0.39 is 0 Å². The van der Waals surface area contributed by atoms with Crippen LogP contribution in [0, 0.1) is 0 Å². The van der Waals surface area contributed by atoms with Crippen molar-refractivity contribution in [2.45, 2.75) is 39.0 Å². The number of carbonyl (C=O) groups excluding carboxylic acids is 1. The largest absolute Gasteiger partial charge is 0.360 e. The fourth-order valence-corrected chi connectivity index (χ4v) is 3.77. The van der Waals surface area contributed by atoms with Crippen molar-refractivity contribution in [3.63, 3.8) is 0 Å². The van der Waals surface area contributed by atoms with Crippen LogP contribution < -0.4 is 5.56 Å². The first-order valence-electron chi connectivity index (χ1n) is 9.37. The van der Waals surface area contributed by atoms with Crippen LogP contribution in [0.25, 0.3) is 10.9 Å². The highest BCUT2D eigenvalue weighted by Gasteiger charge is 2.32. The number of hydrogen-bond acceptors (Lipinski definition) is 5. The maximum absolute atomic E-state index is 13.1. The van der Waals surface area contributed by atoms with Gasteiger partial charge in [0.05, 0.1) is 16.6 Å². The molecule has 4 heterocycles. The Morgan fingerprint density at radius 2 is 2.22 bits per heavy atom. The summed E-state index contributed by atoms with van der Waals surface area (Å²) in [5, 5.41) is 4.62. The Hall–Kier alpha value is -2.96. The summed E-state index contributed by atoms with van der Waals surface area (Å²) in [7, 11) is 0. The number of carbonyl (C=O) groups is 1. The van der Waals surface area contributed by atoms with Crippen LogP contribution in [0.15, 0.2) is 33.7 Å². The molecule has 0 saturated carbocycles. The minimum Gasteiger partial charge on any atom is -0.360 e. The van der Waals surface area contributed by atoms with Crippen LogP contribution in [-0.4, -0.2) is 39.0 Å². The first-order valence-corrected chi connectivity index (χ1v) is 9.37. The van der Waals surface area contributed by atoms with E-state index in [4.69, 9.17) is 4.52 Å². The highest BCUT2D eigenvalue weighted by Crippen LogP contribution is 2.29. The van der Waals surface area contributed by atoms with E-state index in [9.17, 15) is 9.59 Å². The number of aromatic nitrogens is 3. The number of hydrogen-bond donors (Lipinski definition) is 1. The second kappa shape index (κ2) is 6.98. The van der Waals surface area contributed by atoms with Crippen molar-refractivity contribution in [1.29, 1.82) is 0 Å². The van der Waals surface area contributed by atoms with E-state index in [0.29, 0.717) is 53.9 Å². The van der Waals surface area contributed by atoms with Gasteiger partial charge in [-0.3, -0.25) is 14.6 Å². The Morgan fingerprint density at radius 1 is 1.37 bits per heavy atom. The smallest absolute Gasteiger partial charge is 0.259 e. The molecule has 1 fully saturated rings. The fourth-order valence-electron chi connectivity index (χ4n) is 3.77. The lowest BCUT2D eigenvalue weighted by molar-refractivity contribution is 0.0787. The number of fused-ring (bicyclic) bond motifs is 1.